The minimum atomic E-state index is -5.09. The van der Waals surface area contributed by atoms with Gasteiger partial charge in [0.05, 0.1) is 0 Å². The van der Waals surface area contributed by atoms with Crippen LogP contribution in [0.3, 0.4) is 0 Å². The highest BCUT2D eigenvalue weighted by Crippen LogP contribution is 2.45. The molecule has 1 N–H and O–H groups in total. The summed E-state index contributed by atoms with van der Waals surface area (Å²) in [5, 5.41) is -4.80. The van der Waals surface area contributed by atoms with Crippen LogP contribution in [-0.4, -0.2) is 44.2 Å². The van der Waals surface area contributed by atoms with E-state index in [-0.39, 0.29) is 11.2 Å². The van der Waals surface area contributed by atoms with Crippen molar-refractivity contribution < 1.29 is 34.4 Å². The van der Waals surface area contributed by atoms with Gasteiger partial charge in [-0.05, 0) is 21.8 Å². The maximum Gasteiger partial charge on any atom is 0.318 e. The molecule has 0 amide bonds. The monoisotopic (exact) mass is 496 g/mol. The average molecular weight is 497 g/mol. The van der Waals surface area contributed by atoms with Gasteiger partial charge in [-0.1, -0.05) is 74.4 Å². The van der Waals surface area contributed by atoms with Gasteiger partial charge in [0.2, 0.25) is 0 Å². The minimum absolute atomic E-state index is 0.00675. The van der Waals surface area contributed by atoms with Gasteiger partial charge in [0.1, 0.15) is 18.1 Å². The molecule has 32 heavy (non-hydrogen) atoms. The van der Waals surface area contributed by atoms with E-state index in [4.69, 9.17) is 8.74 Å². The molecule has 0 heterocycles. The van der Waals surface area contributed by atoms with Crippen LogP contribution in [0, 0.1) is 0 Å². The first kappa shape index (κ1) is 27.0. The van der Waals surface area contributed by atoms with Gasteiger partial charge in [-0.2, -0.15) is 16.8 Å². The van der Waals surface area contributed by atoms with Gasteiger partial charge in [0.15, 0.2) is 10.5 Å². The molecule has 0 bridgehead atoms. The van der Waals surface area contributed by atoms with Gasteiger partial charge in [-0.3, -0.25) is 4.55 Å². The maximum atomic E-state index is 14.4. The van der Waals surface area contributed by atoms with Crippen LogP contribution in [0.2, 0.25) is 0 Å². The quantitative estimate of drug-likeness (QED) is 0.483. The predicted molar refractivity (Wildman–Crippen MR) is 121 cm³/mol. The lowest BCUT2D eigenvalue weighted by molar-refractivity contribution is 0.0939. The largest absolute Gasteiger partial charge is 0.381 e. The van der Waals surface area contributed by atoms with Gasteiger partial charge < -0.3 is 4.18 Å². The molecular weight excluding hydrogens is 462 g/mol. The second kappa shape index (κ2) is 7.91. The Morgan fingerprint density at radius 3 is 1.41 bits per heavy atom. The number of benzene rings is 1. The lowest BCUT2D eigenvalue weighted by atomic mass is 9.75. The Balaban J connectivity index is 2.70. The molecule has 2 atom stereocenters. The number of hydrogen-bond acceptors (Lipinski definition) is 5. The number of halogens is 2. The highest BCUT2D eigenvalue weighted by Gasteiger charge is 2.65. The normalized spacial score (nSPS) is 25.4. The van der Waals surface area contributed by atoms with E-state index in [0.29, 0.717) is 11.1 Å². The van der Waals surface area contributed by atoms with Gasteiger partial charge >= 0.3 is 10.1 Å². The minimum Gasteiger partial charge on any atom is -0.381 e. The van der Waals surface area contributed by atoms with E-state index in [2.05, 4.69) is 0 Å². The van der Waals surface area contributed by atoms with Gasteiger partial charge in [0, 0.05) is 11.1 Å². The van der Waals surface area contributed by atoms with Crippen molar-refractivity contribution in [2.24, 2.45) is 0 Å². The smallest absolute Gasteiger partial charge is 0.318 e. The second-order valence-electron chi connectivity index (χ2n) is 11.6. The Morgan fingerprint density at radius 1 is 0.750 bits per heavy atom. The summed E-state index contributed by atoms with van der Waals surface area (Å²) in [7, 11) is -9.99. The molecule has 184 valence electrons. The standard InChI is InChI=1S/C22H34F2O6S2/c1-20(2,3)12-10-13(21(4,5)6)17(14(11-12)22(7,8)9)30-32(28,29)19-15(23)18(16(19)24)31(25,26)27/h10-11,15-16,18-19H,1-9H3,(H,25,26,27). The molecule has 2 unspecified atom stereocenters. The van der Waals surface area contributed by atoms with Gasteiger partial charge in [0.25, 0.3) is 10.1 Å². The fourth-order valence-corrected chi connectivity index (χ4v) is 6.36. The summed E-state index contributed by atoms with van der Waals surface area (Å²) < 4.78 is 91.6. The maximum absolute atomic E-state index is 14.4. The third-order valence-electron chi connectivity index (χ3n) is 5.70. The van der Waals surface area contributed by atoms with Crippen LogP contribution in [0.5, 0.6) is 5.75 Å². The van der Waals surface area contributed by atoms with Crippen LogP contribution in [0.1, 0.15) is 79.0 Å². The summed E-state index contributed by atoms with van der Waals surface area (Å²) in [6.07, 6.45) is -5.29. The molecule has 1 fully saturated rings. The van der Waals surface area contributed by atoms with Gasteiger partial charge in [-0.15, -0.1) is 0 Å². The molecule has 0 aromatic heterocycles. The van der Waals surface area contributed by atoms with Crippen LogP contribution in [0.4, 0.5) is 8.78 Å². The number of rotatable bonds is 4. The number of alkyl halides is 2. The van der Waals surface area contributed by atoms with E-state index >= 15 is 0 Å². The molecule has 6 nitrogen and oxygen atoms in total. The second-order valence-corrected chi connectivity index (χ2v) is 14.8. The van der Waals surface area contributed by atoms with Crippen LogP contribution < -0.4 is 4.18 Å². The zero-order valence-corrected chi connectivity index (χ0v) is 21.7. The average Bonchev–Trinajstić information content (AvgIpc) is 2.48. The van der Waals surface area contributed by atoms with Crippen molar-refractivity contribution in [2.75, 3.05) is 0 Å². The summed E-state index contributed by atoms with van der Waals surface area (Å²) in [4.78, 5) is 0. The van der Waals surface area contributed by atoms with E-state index in [1.807, 2.05) is 74.4 Å². The topological polar surface area (TPSA) is 97.7 Å². The fraction of sp³-hybridized carbons (Fsp3) is 0.727. The van der Waals surface area contributed by atoms with Gasteiger partial charge in [-0.25, -0.2) is 8.78 Å². The Bertz CT molecular complexity index is 1050. The highest BCUT2D eigenvalue weighted by atomic mass is 32.2. The predicted octanol–water partition coefficient (Wildman–Crippen LogP) is 4.60. The van der Waals surface area contributed by atoms with E-state index in [1.165, 1.54) is 0 Å². The van der Waals surface area contributed by atoms with E-state index in [1.54, 1.807) is 0 Å². The summed E-state index contributed by atoms with van der Waals surface area (Å²) in [5.74, 6) is -0.00675. The SMILES string of the molecule is CC(C)(C)c1cc(C(C)(C)C)c(OS(=O)(=O)C2C(F)C(S(=O)(=O)O)C2F)c(C(C)(C)C)c1. The van der Waals surface area contributed by atoms with Crippen molar-refractivity contribution in [1.82, 2.24) is 0 Å². The molecule has 2 rings (SSSR count). The van der Waals surface area contributed by atoms with E-state index in [9.17, 15) is 25.6 Å². The third kappa shape index (κ3) is 5.12. The lowest BCUT2D eigenvalue weighted by Gasteiger charge is -2.40. The van der Waals surface area contributed by atoms with Crippen LogP contribution >= 0.6 is 0 Å². The van der Waals surface area contributed by atoms with Crippen molar-refractivity contribution in [3.8, 4) is 5.75 Å². The molecule has 0 radical (unpaired) electrons. The van der Waals surface area contributed by atoms with Crippen LogP contribution in [-0.2, 0) is 36.5 Å². The van der Waals surface area contributed by atoms with Crippen molar-refractivity contribution in [3.05, 3.63) is 28.8 Å². The molecule has 1 aliphatic carbocycles. The first-order valence-corrected chi connectivity index (χ1v) is 13.3. The van der Waals surface area contributed by atoms with Crippen LogP contribution in [0.25, 0.3) is 0 Å². The van der Waals surface area contributed by atoms with Crippen LogP contribution in [0.15, 0.2) is 12.1 Å². The lowest BCUT2D eigenvalue weighted by Crippen LogP contribution is -2.66. The van der Waals surface area contributed by atoms with Crippen molar-refractivity contribution in [2.45, 2.75) is 101 Å². The first-order valence-electron chi connectivity index (χ1n) is 10.4. The Morgan fingerprint density at radius 2 is 1.12 bits per heavy atom. The fourth-order valence-electron chi connectivity index (χ4n) is 3.66. The zero-order valence-electron chi connectivity index (χ0n) is 20.0. The number of hydrogen-bond donors (Lipinski definition) is 1. The third-order valence-corrected chi connectivity index (χ3v) is 8.50. The molecule has 1 aliphatic rings. The molecule has 0 spiro atoms. The summed E-state index contributed by atoms with van der Waals surface area (Å²) in [6.45, 7) is 17.3. The first-order chi connectivity index (χ1) is 14.0. The zero-order chi connectivity index (χ0) is 25.2. The van der Waals surface area contributed by atoms with Crippen molar-refractivity contribution >= 4 is 20.2 Å². The molecule has 0 saturated heterocycles. The Hall–Kier alpha value is -1.26. The molecule has 0 aliphatic heterocycles. The van der Waals surface area contributed by atoms with Crippen molar-refractivity contribution in [3.63, 3.8) is 0 Å². The molecule has 10 heteroatoms. The van der Waals surface area contributed by atoms with E-state index < -0.39 is 53.9 Å². The summed E-state index contributed by atoms with van der Waals surface area (Å²) in [5.41, 5.74) is 0.630. The summed E-state index contributed by atoms with van der Waals surface area (Å²) in [6, 6.07) is 3.67. The molecular formula is C22H34F2O6S2. The Labute approximate surface area is 190 Å². The van der Waals surface area contributed by atoms with Crippen molar-refractivity contribution in [1.29, 1.82) is 0 Å². The molecule has 1 saturated carbocycles. The molecule has 1 aromatic carbocycles. The molecule has 1 aromatic rings. The summed E-state index contributed by atoms with van der Waals surface area (Å²) >= 11 is 0. The van der Waals surface area contributed by atoms with E-state index in [0.717, 1.165) is 5.56 Å². The Kier molecular flexibility index (Phi) is 6.67. The highest BCUT2D eigenvalue weighted by molar-refractivity contribution is 7.89.